The molecule has 10 atom stereocenters. The summed E-state index contributed by atoms with van der Waals surface area (Å²) >= 11 is 12.9. The molecule has 4 aromatic rings. The maximum atomic E-state index is 14.1. The summed E-state index contributed by atoms with van der Waals surface area (Å²) < 4.78 is 89.1. The number of amides is 4. The SMILES string of the molecule is COCCN(C)S(=O)(=O)NC(=O)[C@@]1(O)CC(=O)N(C)CC/C=C/[C@H](OC)[C@@H]2CC[C@H]2CN2C[C@@]3(CCCc4cc(Cl)ccc43)COc3ccc1cc32.CO[C@H]1/C=C/CCN(C)C(=O)C[C@](O)(C(=O)NS(=O)(=O)N2CCC2)c2ccc3c(c2)N(C[C@@H]2CC[C@H]21)C[C@@]1(CCCc2cc(Cl)ccc21)CO3. The molecule has 2 saturated carbocycles. The first-order valence-electron chi connectivity index (χ1n) is 35.8. The van der Waals surface area contributed by atoms with Gasteiger partial charge in [0.25, 0.3) is 11.8 Å². The summed E-state index contributed by atoms with van der Waals surface area (Å²) in [5.41, 5.74) is 0.730. The molecule has 0 radical (unpaired) electrons. The van der Waals surface area contributed by atoms with Crippen molar-refractivity contribution >= 4 is 78.6 Å². The van der Waals surface area contributed by atoms with Gasteiger partial charge in [-0.05, 0) is 189 Å². The zero-order chi connectivity index (χ0) is 72.5. The molecule has 27 heteroatoms. The Hall–Kier alpha value is -6.36. The zero-order valence-corrected chi connectivity index (χ0v) is 62.4. The van der Waals surface area contributed by atoms with Gasteiger partial charge >= 0.3 is 20.4 Å². The number of methoxy groups -OCH3 is 3. The Bertz CT molecular complexity index is 4090. The van der Waals surface area contributed by atoms with E-state index in [-0.39, 0.29) is 66.3 Å². The highest BCUT2D eigenvalue weighted by molar-refractivity contribution is 7.88. The topological polar surface area (TPSA) is 267 Å². The summed E-state index contributed by atoms with van der Waals surface area (Å²) in [4.78, 5) is 62.9. The van der Waals surface area contributed by atoms with Crippen molar-refractivity contribution in [3.63, 3.8) is 0 Å². The molecule has 13 rings (SSSR count). The van der Waals surface area contributed by atoms with Crippen LogP contribution in [0.1, 0.15) is 117 Å². The molecule has 1 saturated heterocycles. The van der Waals surface area contributed by atoms with E-state index in [9.17, 15) is 46.2 Å². The largest absolute Gasteiger partial charge is 0.490 e. The van der Waals surface area contributed by atoms with Crippen LogP contribution in [-0.4, -0.2) is 202 Å². The van der Waals surface area contributed by atoms with Crippen LogP contribution in [0.5, 0.6) is 11.5 Å². The number of nitrogens with one attached hydrogen (secondary N) is 2. The third-order valence-corrected chi connectivity index (χ3v) is 26.6. The Balaban J connectivity index is 0.000000193. The molecule has 102 heavy (non-hydrogen) atoms. The van der Waals surface area contributed by atoms with Gasteiger partial charge in [-0.2, -0.15) is 25.4 Å². The summed E-state index contributed by atoms with van der Waals surface area (Å²) in [6.07, 6.45) is 18.2. The van der Waals surface area contributed by atoms with Crippen LogP contribution in [0.25, 0.3) is 0 Å². The zero-order valence-electron chi connectivity index (χ0n) is 59.3. The number of anilines is 2. The van der Waals surface area contributed by atoms with Crippen molar-refractivity contribution in [3.05, 3.63) is 141 Å². The first kappa shape index (κ1) is 75.3. The van der Waals surface area contributed by atoms with E-state index in [4.69, 9.17) is 46.9 Å². The lowest BCUT2D eigenvalue weighted by atomic mass is 9.68. The second-order valence-corrected chi connectivity index (χ2v) is 33.9. The first-order valence-corrected chi connectivity index (χ1v) is 39.4. The van der Waals surface area contributed by atoms with Gasteiger partial charge < -0.3 is 53.5 Å². The minimum atomic E-state index is -4.39. The molecule has 9 aliphatic rings. The third kappa shape index (κ3) is 15.5. The normalized spacial score (nSPS) is 29.8. The fraction of sp³-hybridized carbons (Fsp3) is 0.573. The van der Waals surface area contributed by atoms with E-state index in [1.165, 1.54) is 46.2 Å². The Morgan fingerprint density at radius 1 is 0.627 bits per heavy atom. The van der Waals surface area contributed by atoms with Gasteiger partial charge in [-0.15, -0.1) is 0 Å². The number of carbonyl (C=O) groups excluding carboxylic acids is 4. The molecule has 5 aliphatic heterocycles. The summed E-state index contributed by atoms with van der Waals surface area (Å²) in [7, 11) is 0.844. The number of halogens is 2. The highest BCUT2D eigenvalue weighted by atomic mass is 35.5. The Morgan fingerprint density at radius 3 is 1.50 bits per heavy atom. The van der Waals surface area contributed by atoms with Crippen molar-refractivity contribution in [1.29, 1.82) is 0 Å². The molecule has 4 aliphatic carbocycles. The summed E-state index contributed by atoms with van der Waals surface area (Å²) in [5, 5.41) is 26.1. The molecular weight excluding hydrogens is 1390 g/mol. The molecule has 4 N–H and O–H groups in total. The van der Waals surface area contributed by atoms with Gasteiger partial charge in [-0.3, -0.25) is 19.2 Å². The van der Waals surface area contributed by atoms with Crippen molar-refractivity contribution in [3.8, 4) is 11.5 Å². The molecule has 0 unspecified atom stereocenters. The number of fused-ring (bicyclic) bond motifs is 8. The van der Waals surface area contributed by atoms with Gasteiger partial charge in [0, 0.05) is 122 Å². The predicted octanol–water partition coefficient (Wildman–Crippen LogP) is 7.71. The van der Waals surface area contributed by atoms with Crippen LogP contribution >= 0.6 is 23.2 Å². The van der Waals surface area contributed by atoms with Crippen molar-refractivity contribution in [1.82, 2.24) is 27.9 Å². The lowest BCUT2D eigenvalue weighted by Crippen LogP contribution is -2.55. The molecule has 4 bridgehead atoms. The number of carbonyl (C=O) groups is 4. The van der Waals surface area contributed by atoms with Gasteiger partial charge in [0.15, 0.2) is 11.2 Å². The highest BCUT2D eigenvalue weighted by Gasteiger charge is 2.51. The fourth-order valence-electron chi connectivity index (χ4n) is 16.6. The number of aryl methyl sites for hydroxylation is 2. The van der Waals surface area contributed by atoms with E-state index in [1.807, 2.05) is 35.1 Å². The van der Waals surface area contributed by atoms with Crippen LogP contribution in [0.3, 0.4) is 0 Å². The van der Waals surface area contributed by atoms with E-state index < -0.39 is 68.1 Å². The summed E-state index contributed by atoms with van der Waals surface area (Å²) in [6.45, 7) is 4.78. The number of hydrogen-bond donors (Lipinski definition) is 4. The smallest absolute Gasteiger partial charge is 0.303 e. The van der Waals surface area contributed by atoms with Crippen LogP contribution in [0.2, 0.25) is 10.0 Å². The standard InChI is InChI=1S/C38H51ClN4O8S.C37H47ClN4O7S/c1-41-17-6-5-9-33(50-4)30-13-10-27(30)23-43-24-37(16-7-8-26-20-29(39)12-14-31(26)37)25-51-34-15-11-28(21-32(34)43)38(46,22-35(41)44)36(45)40-52(47,48)42(2)18-19-49-3;1-40-16-4-3-8-32(48-2)29-12-9-26(29)22-41-23-36(15-5-7-25-19-28(38)11-13-30(25)36)24-49-33-14-10-27(20-31(33)41)37(45,21-34(40)43)35(44)39-50(46,47)42-17-6-18-42/h5,9,11-12,14-15,20-21,27,30,33,46H,6-8,10,13,16-19,22-25H2,1-4H3,(H,40,45);3,8,10-11,13-14,19-20,26,29,32,45H,4-7,9,12,15-18,21-24H2,1-2H3,(H,39,44)/b9-5+;8-3+/t27-,30+,33-,37-,38+;26-,29+,32-,36-,37+/m00/s1. The minimum absolute atomic E-state index is 0.0267. The van der Waals surface area contributed by atoms with Crippen molar-refractivity contribution in [2.75, 3.05) is 131 Å². The maximum absolute atomic E-state index is 14.1. The molecule has 4 aromatic carbocycles. The average Bonchev–Trinajstić information content (AvgIpc) is 1.51. The Morgan fingerprint density at radius 2 is 1.09 bits per heavy atom. The maximum Gasteiger partial charge on any atom is 0.303 e. The highest BCUT2D eigenvalue weighted by Crippen LogP contribution is 2.51. The van der Waals surface area contributed by atoms with E-state index in [0.29, 0.717) is 122 Å². The Labute approximate surface area is 610 Å². The first-order chi connectivity index (χ1) is 48.7. The fourth-order valence-corrected chi connectivity index (χ4v) is 19.1. The van der Waals surface area contributed by atoms with Gasteiger partial charge in [0.2, 0.25) is 11.8 Å². The molecule has 4 amide bonds. The molecular formula is C75H98Cl2N8O15S2. The monoisotopic (exact) mass is 1480 g/mol. The van der Waals surface area contributed by atoms with Gasteiger partial charge in [-0.1, -0.05) is 71.8 Å². The van der Waals surface area contributed by atoms with Crippen molar-refractivity contribution in [2.24, 2.45) is 23.7 Å². The molecule has 5 heterocycles. The second kappa shape index (κ2) is 31.0. The molecule has 2 spiro atoms. The van der Waals surface area contributed by atoms with Crippen LogP contribution in [0.4, 0.5) is 11.4 Å². The van der Waals surface area contributed by atoms with Crippen LogP contribution < -0.4 is 28.7 Å². The van der Waals surface area contributed by atoms with Gasteiger partial charge in [-0.25, -0.2) is 9.44 Å². The van der Waals surface area contributed by atoms with Gasteiger partial charge in [0.05, 0.1) is 56.2 Å². The van der Waals surface area contributed by atoms with E-state index in [2.05, 4.69) is 44.9 Å². The second-order valence-electron chi connectivity index (χ2n) is 29.6. The Kier molecular flexibility index (Phi) is 22.9. The van der Waals surface area contributed by atoms with E-state index >= 15 is 0 Å². The van der Waals surface area contributed by atoms with Crippen LogP contribution in [-0.2, 0) is 88.7 Å². The number of hydrogen-bond acceptors (Lipinski definition) is 17. The van der Waals surface area contributed by atoms with Crippen LogP contribution in [0, 0.1) is 23.7 Å². The third-order valence-electron chi connectivity index (χ3n) is 23.2. The number of nitrogens with zero attached hydrogens (tertiary/aromatic N) is 6. The van der Waals surface area contributed by atoms with Crippen molar-refractivity contribution in [2.45, 2.75) is 131 Å². The van der Waals surface area contributed by atoms with Crippen LogP contribution in [0.15, 0.2) is 97.1 Å². The van der Waals surface area contributed by atoms with Gasteiger partial charge in [0.1, 0.15) is 11.5 Å². The van der Waals surface area contributed by atoms with Crippen molar-refractivity contribution < 1.29 is 69.9 Å². The summed E-state index contributed by atoms with van der Waals surface area (Å²) in [6, 6.07) is 22.2. The van der Waals surface area contributed by atoms with E-state index in [0.717, 1.165) is 72.8 Å². The summed E-state index contributed by atoms with van der Waals surface area (Å²) in [5.74, 6) is -1.04. The number of rotatable bonds is 11. The lowest BCUT2D eigenvalue weighted by Gasteiger charge is -2.46. The number of benzene rings is 4. The average molecular weight is 1490 g/mol. The number of aliphatic hydroxyl groups is 2. The minimum Gasteiger partial charge on any atom is -0.490 e. The quantitative estimate of drug-likeness (QED) is 0.105. The number of ether oxygens (including phenoxy) is 5. The van der Waals surface area contributed by atoms with E-state index in [1.54, 1.807) is 64.7 Å². The predicted molar refractivity (Wildman–Crippen MR) is 389 cm³/mol. The molecule has 23 nitrogen and oxygen atoms in total. The molecule has 0 aromatic heterocycles. The molecule has 554 valence electrons. The molecule has 3 fully saturated rings. The lowest BCUT2D eigenvalue weighted by molar-refractivity contribution is -0.148. The number of likely N-dealkylation sites (N-methyl/N-ethyl adjacent to an activating group) is 1.